The van der Waals surface area contributed by atoms with Crippen LogP contribution in [0.4, 0.5) is 0 Å². The summed E-state index contributed by atoms with van der Waals surface area (Å²) in [5, 5.41) is -0.139. The van der Waals surface area contributed by atoms with E-state index in [2.05, 4.69) is 15.9 Å². The van der Waals surface area contributed by atoms with Crippen molar-refractivity contribution >= 4 is 39.4 Å². The van der Waals surface area contributed by atoms with E-state index in [4.69, 9.17) is 14.2 Å². The number of ether oxygens (including phenoxy) is 3. The fraction of sp³-hybridized carbons (Fsp3) is 0.200. The maximum Gasteiger partial charge on any atom is 0.256 e. The lowest BCUT2D eigenvalue weighted by Gasteiger charge is -2.24. The second-order valence-electron chi connectivity index (χ2n) is 7.33. The van der Waals surface area contributed by atoms with Crippen LogP contribution in [0, 0.1) is 13.8 Å². The van der Waals surface area contributed by atoms with Crippen molar-refractivity contribution in [1.82, 2.24) is 0 Å². The van der Waals surface area contributed by atoms with Crippen molar-refractivity contribution in [2.24, 2.45) is 0 Å². The van der Waals surface area contributed by atoms with E-state index in [0.29, 0.717) is 15.6 Å². The molecule has 0 saturated heterocycles. The average molecular weight is 531 g/mol. The predicted molar refractivity (Wildman–Crippen MR) is 132 cm³/mol. The third-order valence-electron chi connectivity index (χ3n) is 5.36. The van der Waals surface area contributed by atoms with Gasteiger partial charge in [-0.2, -0.15) is 0 Å². The Labute approximate surface area is 201 Å². The summed E-state index contributed by atoms with van der Waals surface area (Å²) in [7, 11) is -0.422. The normalized spacial score (nSPS) is 12.5. The first kappa shape index (κ1) is 24.7. The highest BCUT2D eigenvalue weighted by molar-refractivity contribution is 9.10. The van der Waals surface area contributed by atoms with Crippen LogP contribution in [0.2, 0.25) is 0 Å². The van der Waals surface area contributed by atoms with Crippen LogP contribution in [0.1, 0.15) is 31.8 Å². The number of halogens is 1. The lowest BCUT2D eigenvalue weighted by molar-refractivity contribution is 0.104. The topological polar surface area (TPSA) is 78.9 Å². The molecule has 0 N–H and O–H groups in total. The monoisotopic (exact) mass is 530 g/mol. The van der Waals surface area contributed by atoms with Crippen LogP contribution in [-0.4, -0.2) is 32.4 Å². The molecule has 0 aromatic heterocycles. The minimum Gasteiger partial charge on any atom is -0.495 e. The number of hydrogen-bond donors (Lipinski definition) is 0. The van der Waals surface area contributed by atoms with E-state index in [1.165, 1.54) is 33.5 Å². The largest absolute Gasteiger partial charge is 0.495 e. The van der Waals surface area contributed by atoms with E-state index in [-0.39, 0.29) is 33.7 Å². The summed E-state index contributed by atoms with van der Waals surface area (Å²) in [6, 6.07) is 15.0. The molecular weight excluding hydrogens is 507 g/mol. The molecule has 0 spiro atoms. The first-order valence-corrected chi connectivity index (χ1v) is 12.5. The van der Waals surface area contributed by atoms with Crippen molar-refractivity contribution in [2.75, 3.05) is 21.3 Å². The van der Waals surface area contributed by atoms with Crippen LogP contribution in [0.5, 0.6) is 17.2 Å². The fourth-order valence-electron chi connectivity index (χ4n) is 3.78. The summed E-state index contributed by atoms with van der Waals surface area (Å²) in [6.07, 6.45) is 0. The molecule has 3 aromatic rings. The fourth-order valence-corrected chi connectivity index (χ4v) is 7.25. The van der Waals surface area contributed by atoms with Gasteiger partial charge in [0.05, 0.1) is 25.8 Å². The summed E-state index contributed by atoms with van der Waals surface area (Å²) in [6.45, 7) is 3.49. The van der Waals surface area contributed by atoms with Gasteiger partial charge in [0, 0.05) is 17.2 Å². The van der Waals surface area contributed by atoms with Gasteiger partial charge in [-0.1, -0.05) is 48.5 Å². The van der Waals surface area contributed by atoms with Gasteiger partial charge in [0.15, 0.2) is 11.5 Å². The molecule has 0 heterocycles. The molecule has 33 heavy (non-hydrogen) atoms. The Morgan fingerprint density at radius 2 is 1.36 bits per heavy atom. The molecule has 3 rings (SSSR count). The molecule has 1 unspecified atom stereocenters. The Morgan fingerprint density at radius 3 is 1.88 bits per heavy atom. The van der Waals surface area contributed by atoms with E-state index >= 15 is 0 Å². The van der Waals surface area contributed by atoms with Gasteiger partial charge in [0.25, 0.3) is 7.14 Å². The van der Waals surface area contributed by atoms with Crippen LogP contribution in [0.3, 0.4) is 0 Å². The third kappa shape index (κ3) is 4.23. The number of rotatable bonds is 8. The Hall–Kier alpha value is -2.89. The Bertz CT molecular complexity index is 1250. The molecule has 3 aromatic carbocycles. The minimum atomic E-state index is -4.56. The van der Waals surface area contributed by atoms with Gasteiger partial charge < -0.3 is 18.8 Å². The van der Waals surface area contributed by atoms with Crippen LogP contribution in [0.15, 0.2) is 59.1 Å². The summed E-state index contributed by atoms with van der Waals surface area (Å²) < 4.78 is 31.8. The number of hydrogen-bond acceptors (Lipinski definition) is 6. The number of methoxy groups -OCH3 is 3. The van der Waals surface area contributed by atoms with E-state index in [9.17, 15) is 14.2 Å². The zero-order valence-electron chi connectivity index (χ0n) is 19.0. The Kier molecular flexibility index (Phi) is 7.45. The minimum absolute atomic E-state index is 0.00440. The smallest absolute Gasteiger partial charge is 0.256 e. The summed E-state index contributed by atoms with van der Waals surface area (Å²) in [5.74, 6) is 0.278. The molecule has 8 heteroatoms. The first-order valence-electron chi connectivity index (χ1n) is 10.0. The van der Waals surface area contributed by atoms with E-state index in [1.54, 1.807) is 56.3 Å². The van der Waals surface area contributed by atoms with Gasteiger partial charge in [-0.05, 0) is 40.9 Å². The van der Waals surface area contributed by atoms with E-state index < -0.39 is 18.2 Å². The van der Waals surface area contributed by atoms with E-state index in [1.807, 2.05) is 0 Å². The molecule has 0 aliphatic carbocycles. The zero-order valence-corrected chi connectivity index (χ0v) is 21.5. The standard InChI is InChI=1S/C25H24BrO6P/c1-15-10-9-11-16(2)20(15)25(28)33(29,24(27)17-12-7-6-8-13-17)23-21(31-4)18(26)14-19(30-3)22(23)32-5/h6-14H,1-5H3. The highest BCUT2D eigenvalue weighted by Crippen LogP contribution is 2.58. The maximum absolute atomic E-state index is 15.0. The van der Waals surface area contributed by atoms with Crippen molar-refractivity contribution in [2.45, 2.75) is 13.8 Å². The zero-order chi connectivity index (χ0) is 24.3. The van der Waals surface area contributed by atoms with Crippen LogP contribution in [-0.2, 0) is 4.57 Å². The van der Waals surface area contributed by atoms with Crippen molar-refractivity contribution in [1.29, 1.82) is 0 Å². The molecule has 0 aliphatic rings. The van der Waals surface area contributed by atoms with Crippen molar-refractivity contribution in [3.8, 4) is 17.2 Å². The molecule has 0 aliphatic heterocycles. The molecule has 0 fully saturated rings. The quantitative estimate of drug-likeness (QED) is 0.344. The molecule has 172 valence electrons. The van der Waals surface area contributed by atoms with Gasteiger partial charge in [-0.15, -0.1) is 0 Å². The van der Waals surface area contributed by atoms with E-state index in [0.717, 1.165) is 0 Å². The maximum atomic E-state index is 15.0. The van der Waals surface area contributed by atoms with Crippen LogP contribution >= 0.6 is 23.1 Å². The van der Waals surface area contributed by atoms with Crippen molar-refractivity contribution in [3.63, 3.8) is 0 Å². The molecular formula is C25H24BrO6P. The Balaban J connectivity index is 2.49. The summed E-state index contributed by atoms with van der Waals surface area (Å²) >= 11 is 3.39. The molecule has 0 bridgehead atoms. The van der Waals surface area contributed by atoms with Gasteiger partial charge in [0.2, 0.25) is 11.0 Å². The highest BCUT2D eigenvalue weighted by atomic mass is 79.9. The number of aryl methyl sites for hydroxylation is 2. The summed E-state index contributed by atoms with van der Waals surface area (Å²) in [4.78, 5) is 28.0. The van der Waals surface area contributed by atoms with Crippen molar-refractivity contribution < 1.29 is 28.4 Å². The SMILES string of the molecule is COc1cc(Br)c(OC)c(P(=O)(C(=O)c2ccccc2)C(=O)c2c(C)cccc2C)c1OC. The molecule has 1 atom stereocenters. The second-order valence-corrected chi connectivity index (χ2v) is 10.7. The number of carbonyl (C=O) groups excluding carboxylic acids is 2. The molecule has 6 nitrogen and oxygen atoms in total. The lowest BCUT2D eigenvalue weighted by Crippen LogP contribution is -2.25. The number of carbonyl (C=O) groups is 2. The number of benzene rings is 3. The van der Waals surface area contributed by atoms with Gasteiger partial charge in [-0.25, -0.2) is 0 Å². The lowest BCUT2D eigenvalue weighted by atomic mass is 10.0. The molecule has 0 amide bonds. The van der Waals surface area contributed by atoms with Gasteiger partial charge >= 0.3 is 0 Å². The van der Waals surface area contributed by atoms with Crippen LogP contribution in [0.25, 0.3) is 0 Å². The molecule has 0 radical (unpaired) electrons. The predicted octanol–water partition coefficient (Wildman–Crippen LogP) is 5.76. The van der Waals surface area contributed by atoms with Gasteiger partial charge in [-0.3, -0.25) is 9.59 Å². The first-order chi connectivity index (χ1) is 15.7. The summed E-state index contributed by atoms with van der Waals surface area (Å²) in [5.41, 5.74) is -0.00481. The second kappa shape index (κ2) is 9.94. The van der Waals surface area contributed by atoms with Crippen molar-refractivity contribution in [3.05, 3.63) is 81.3 Å². The third-order valence-corrected chi connectivity index (χ3v) is 8.61. The average Bonchev–Trinajstić information content (AvgIpc) is 2.82. The van der Waals surface area contributed by atoms with Gasteiger partial charge in [0.1, 0.15) is 11.1 Å². The Morgan fingerprint density at radius 1 is 0.788 bits per heavy atom. The highest BCUT2D eigenvalue weighted by Gasteiger charge is 2.49. The molecule has 0 saturated carbocycles. The van der Waals surface area contributed by atoms with Crippen LogP contribution < -0.4 is 19.5 Å².